The lowest BCUT2D eigenvalue weighted by Crippen LogP contribution is -2.42. The van der Waals surface area contributed by atoms with Crippen LogP contribution in [0.5, 0.6) is 0 Å². The molecule has 0 saturated heterocycles. The normalized spacial score (nSPS) is 20.4. The molecule has 0 spiro atoms. The Balaban J connectivity index is 1.62. The highest BCUT2D eigenvalue weighted by molar-refractivity contribution is 6.34. The number of carbonyl (C=O) groups is 1. The van der Waals surface area contributed by atoms with Gasteiger partial charge in [-0.15, -0.1) is 0 Å². The molecule has 1 amide bonds. The second kappa shape index (κ2) is 8.09. The smallest absolute Gasteiger partial charge is 0.435 e. The molecule has 1 atom stereocenters. The van der Waals surface area contributed by atoms with Crippen LogP contribution in [-0.4, -0.2) is 30.1 Å². The first-order chi connectivity index (χ1) is 15.3. The highest BCUT2D eigenvalue weighted by Crippen LogP contribution is 2.50. The molecule has 0 radical (unpaired) electrons. The van der Waals surface area contributed by atoms with Crippen LogP contribution in [-0.2, 0) is 21.6 Å². The van der Waals surface area contributed by atoms with E-state index in [0.717, 1.165) is 5.56 Å². The number of nitrogens with zero attached hydrogens (tertiary/aromatic N) is 2. The first-order valence-electron chi connectivity index (χ1n) is 10.2. The maximum atomic E-state index is 14.2. The molecule has 33 heavy (non-hydrogen) atoms. The van der Waals surface area contributed by atoms with Gasteiger partial charge in [0.05, 0.1) is 11.4 Å². The van der Waals surface area contributed by atoms with E-state index in [1.807, 2.05) is 0 Å². The van der Waals surface area contributed by atoms with Gasteiger partial charge in [-0.25, -0.2) is 4.79 Å². The third-order valence-corrected chi connectivity index (χ3v) is 5.87. The fraction of sp³-hybridized carbons (Fsp3) is 0.391. The lowest BCUT2D eigenvalue weighted by Gasteiger charge is -2.29. The average molecular weight is 501 g/mol. The van der Waals surface area contributed by atoms with Crippen molar-refractivity contribution in [1.82, 2.24) is 0 Å². The van der Waals surface area contributed by atoms with Crippen LogP contribution < -0.4 is 4.90 Å². The van der Waals surface area contributed by atoms with Crippen molar-refractivity contribution in [2.24, 2.45) is 5.16 Å². The van der Waals surface area contributed by atoms with Crippen molar-refractivity contribution >= 4 is 40.7 Å². The van der Waals surface area contributed by atoms with E-state index in [-0.39, 0.29) is 21.3 Å². The molecule has 2 aliphatic rings. The second-order valence-electron chi connectivity index (χ2n) is 9.01. The molecule has 0 saturated carbocycles. The number of benzene rings is 2. The molecule has 10 heteroatoms. The number of ether oxygens (including phenoxy) is 1. The van der Waals surface area contributed by atoms with E-state index >= 15 is 0 Å². The van der Waals surface area contributed by atoms with Gasteiger partial charge in [0.15, 0.2) is 0 Å². The maximum Gasteiger partial charge on any atom is 0.435 e. The van der Waals surface area contributed by atoms with Gasteiger partial charge in [-0.05, 0) is 68.7 Å². The number of rotatable bonds is 2. The van der Waals surface area contributed by atoms with Crippen LogP contribution >= 0.6 is 23.2 Å². The first kappa shape index (κ1) is 23.7. The van der Waals surface area contributed by atoms with Gasteiger partial charge in [-0.1, -0.05) is 34.4 Å². The fourth-order valence-corrected chi connectivity index (χ4v) is 4.46. The van der Waals surface area contributed by atoms with E-state index in [1.165, 1.54) is 23.1 Å². The summed E-state index contributed by atoms with van der Waals surface area (Å²) in [6, 6.07) is 8.76. The molecular weight excluding hydrogens is 480 g/mol. The van der Waals surface area contributed by atoms with Gasteiger partial charge >= 0.3 is 12.3 Å². The van der Waals surface area contributed by atoms with E-state index in [1.54, 1.807) is 39.0 Å². The van der Waals surface area contributed by atoms with Gasteiger partial charge in [-0.2, -0.15) is 13.2 Å². The van der Waals surface area contributed by atoms with E-state index in [2.05, 4.69) is 5.16 Å². The van der Waals surface area contributed by atoms with Crippen LogP contribution in [0.4, 0.5) is 23.7 Å². The van der Waals surface area contributed by atoms with Crippen LogP contribution in [0, 0.1) is 0 Å². The molecule has 0 aliphatic carbocycles. The van der Waals surface area contributed by atoms with Crippen LogP contribution in [0.2, 0.25) is 10.0 Å². The van der Waals surface area contributed by atoms with Gasteiger partial charge in [0.25, 0.3) is 5.60 Å². The molecule has 2 aromatic rings. The van der Waals surface area contributed by atoms with E-state index in [4.69, 9.17) is 32.8 Å². The molecule has 0 fully saturated rings. The Morgan fingerprint density at radius 1 is 1.12 bits per heavy atom. The number of amides is 1. The predicted molar refractivity (Wildman–Crippen MR) is 120 cm³/mol. The van der Waals surface area contributed by atoms with Gasteiger partial charge in [0.1, 0.15) is 5.60 Å². The van der Waals surface area contributed by atoms with Gasteiger partial charge in [-0.3, -0.25) is 4.90 Å². The zero-order valence-corrected chi connectivity index (χ0v) is 19.6. The summed E-state index contributed by atoms with van der Waals surface area (Å²) in [4.78, 5) is 19.1. The molecule has 2 heterocycles. The van der Waals surface area contributed by atoms with Crippen molar-refractivity contribution < 1.29 is 27.5 Å². The van der Waals surface area contributed by atoms with Crippen LogP contribution in [0.15, 0.2) is 41.6 Å². The molecule has 5 nitrogen and oxygen atoms in total. The zero-order chi connectivity index (χ0) is 24.2. The molecule has 0 bridgehead atoms. The summed E-state index contributed by atoms with van der Waals surface area (Å²) in [5.41, 5.74) is -1.45. The Labute approximate surface area is 199 Å². The average Bonchev–Trinajstić information content (AvgIpc) is 3.30. The second-order valence-corrected chi connectivity index (χ2v) is 9.89. The molecule has 1 unspecified atom stereocenters. The number of fused-ring (bicyclic) bond motifs is 1. The standard InChI is InChI=1S/C23H21Cl2F3N2O3/c1-21(2,3)32-20(31)30-7-6-14-8-13(4-5-19(14)30)18-12-22(33-29-18,23(26,27)28)15-9-16(24)11-17(25)10-15/h4-5,8-11H,6-7,12H2,1-3H3. The minimum atomic E-state index is -4.77. The summed E-state index contributed by atoms with van der Waals surface area (Å²) >= 11 is 11.9. The summed E-state index contributed by atoms with van der Waals surface area (Å²) in [5, 5.41) is 3.93. The summed E-state index contributed by atoms with van der Waals surface area (Å²) in [5.74, 6) is 0. The monoisotopic (exact) mass is 500 g/mol. The lowest BCUT2D eigenvalue weighted by atomic mass is 9.86. The summed E-state index contributed by atoms with van der Waals surface area (Å²) in [7, 11) is 0. The molecule has 0 N–H and O–H groups in total. The number of anilines is 1. The number of carbonyl (C=O) groups excluding carboxylic acids is 1. The van der Waals surface area contributed by atoms with Gasteiger partial charge < -0.3 is 9.57 Å². The summed E-state index contributed by atoms with van der Waals surface area (Å²) in [6.45, 7) is 5.76. The Kier molecular flexibility index (Phi) is 5.81. The molecule has 2 aliphatic heterocycles. The number of alkyl halides is 3. The molecule has 176 valence electrons. The van der Waals surface area contributed by atoms with Crippen LogP contribution in [0.3, 0.4) is 0 Å². The molecule has 0 aromatic heterocycles. The summed E-state index contributed by atoms with van der Waals surface area (Å²) in [6.07, 6.45) is -5.23. The maximum absolute atomic E-state index is 14.2. The minimum Gasteiger partial charge on any atom is -0.443 e. The van der Waals surface area contributed by atoms with E-state index in [0.29, 0.717) is 24.2 Å². The first-order valence-corrected chi connectivity index (χ1v) is 11.0. The fourth-order valence-electron chi connectivity index (χ4n) is 3.93. The minimum absolute atomic E-state index is 0.0675. The van der Waals surface area contributed by atoms with E-state index < -0.39 is 29.9 Å². The largest absolute Gasteiger partial charge is 0.443 e. The Morgan fingerprint density at radius 2 is 1.79 bits per heavy atom. The van der Waals surface area contributed by atoms with Crippen molar-refractivity contribution in [2.75, 3.05) is 11.4 Å². The Hall–Kier alpha value is -2.45. The molecular formula is C23H21Cl2F3N2O3. The third kappa shape index (κ3) is 4.51. The number of oxime groups is 1. The zero-order valence-electron chi connectivity index (χ0n) is 18.1. The quantitative estimate of drug-likeness (QED) is 0.451. The van der Waals surface area contributed by atoms with Crippen molar-refractivity contribution in [1.29, 1.82) is 0 Å². The topological polar surface area (TPSA) is 51.1 Å². The molecule has 4 rings (SSSR count). The van der Waals surface area contributed by atoms with Crippen LogP contribution in [0.1, 0.15) is 43.9 Å². The van der Waals surface area contributed by atoms with Gasteiger partial charge in [0.2, 0.25) is 0 Å². The predicted octanol–water partition coefficient (Wildman–Crippen LogP) is 6.87. The van der Waals surface area contributed by atoms with Crippen LogP contribution in [0.25, 0.3) is 0 Å². The van der Waals surface area contributed by atoms with Crippen molar-refractivity contribution in [3.63, 3.8) is 0 Å². The van der Waals surface area contributed by atoms with Crippen molar-refractivity contribution in [3.8, 4) is 0 Å². The lowest BCUT2D eigenvalue weighted by molar-refractivity contribution is -0.275. The Morgan fingerprint density at radius 3 is 2.39 bits per heavy atom. The van der Waals surface area contributed by atoms with Crippen molar-refractivity contribution in [3.05, 3.63) is 63.1 Å². The third-order valence-electron chi connectivity index (χ3n) is 5.44. The van der Waals surface area contributed by atoms with E-state index in [9.17, 15) is 18.0 Å². The number of hydrogen-bond donors (Lipinski definition) is 0. The molecule has 2 aromatic carbocycles. The van der Waals surface area contributed by atoms with Gasteiger partial charge in [0, 0.05) is 28.6 Å². The Bertz CT molecular complexity index is 1120. The van der Waals surface area contributed by atoms with Crippen molar-refractivity contribution in [2.45, 2.75) is 51.0 Å². The highest BCUT2D eigenvalue weighted by atomic mass is 35.5. The SMILES string of the molecule is CC(C)(C)OC(=O)N1CCc2cc(C3=NOC(c4cc(Cl)cc(Cl)c4)(C(F)(F)F)C3)ccc21. The number of hydrogen-bond acceptors (Lipinski definition) is 4. The number of halogens is 5. The highest BCUT2D eigenvalue weighted by Gasteiger charge is 2.62. The summed E-state index contributed by atoms with van der Waals surface area (Å²) < 4.78 is 48.1.